The molecule has 0 fully saturated rings. The molecule has 0 aliphatic heterocycles. The number of nitrogens with zero attached hydrogens (tertiary/aromatic N) is 1. The Morgan fingerprint density at radius 2 is 2.09 bits per heavy atom. The highest BCUT2D eigenvalue weighted by Gasteiger charge is 2.12. The van der Waals surface area contributed by atoms with Crippen LogP contribution in [0.2, 0.25) is 10.0 Å². The fraction of sp³-hybridized carbons (Fsp3) is 0.0714. The maximum absolute atomic E-state index is 11.9. The zero-order valence-corrected chi connectivity index (χ0v) is 13.5. The average molecular weight is 356 g/mol. The number of amides is 2. The van der Waals surface area contributed by atoms with Gasteiger partial charge in [0, 0.05) is 9.90 Å². The first-order valence-corrected chi connectivity index (χ1v) is 7.78. The van der Waals surface area contributed by atoms with Crippen LogP contribution in [-0.4, -0.2) is 24.6 Å². The van der Waals surface area contributed by atoms with E-state index < -0.39 is 11.8 Å². The van der Waals surface area contributed by atoms with Gasteiger partial charge in [0.25, 0.3) is 11.8 Å². The lowest BCUT2D eigenvalue weighted by Crippen LogP contribution is -2.35. The number of nitrogens with one attached hydrogen (secondary N) is 2. The van der Waals surface area contributed by atoms with E-state index in [0.29, 0.717) is 5.02 Å². The van der Waals surface area contributed by atoms with E-state index in [4.69, 9.17) is 23.2 Å². The van der Waals surface area contributed by atoms with Crippen LogP contribution in [0.1, 0.15) is 15.2 Å². The highest BCUT2D eigenvalue weighted by Crippen LogP contribution is 2.20. The smallest absolute Gasteiger partial charge is 0.259 e. The van der Waals surface area contributed by atoms with Crippen molar-refractivity contribution in [1.29, 1.82) is 0 Å². The van der Waals surface area contributed by atoms with Crippen molar-refractivity contribution in [2.75, 3.05) is 6.54 Å². The molecule has 0 saturated carbocycles. The van der Waals surface area contributed by atoms with Gasteiger partial charge in [-0.1, -0.05) is 29.3 Å². The molecular weight excluding hydrogens is 345 g/mol. The number of carbonyl (C=O) groups excluding carboxylic acids is 2. The molecule has 22 heavy (non-hydrogen) atoms. The number of hydrogen-bond donors (Lipinski definition) is 2. The van der Waals surface area contributed by atoms with Gasteiger partial charge < -0.3 is 5.32 Å². The van der Waals surface area contributed by atoms with Crippen LogP contribution in [0.25, 0.3) is 0 Å². The Kier molecular flexibility index (Phi) is 5.94. The van der Waals surface area contributed by atoms with Gasteiger partial charge in [0.05, 0.1) is 23.3 Å². The number of benzene rings is 1. The number of thiophene rings is 1. The van der Waals surface area contributed by atoms with Crippen LogP contribution in [0.5, 0.6) is 0 Å². The van der Waals surface area contributed by atoms with Crippen molar-refractivity contribution in [2.45, 2.75) is 0 Å². The summed E-state index contributed by atoms with van der Waals surface area (Å²) >= 11 is 13.2. The van der Waals surface area contributed by atoms with Crippen molar-refractivity contribution in [3.63, 3.8) is 0 Å². The summed E-state index contributed by atoms with van der Waals surface area (Å²) in [5.74, 6) is -0.927. The first kappa shape index (κ1) is 16.5. The van der Waals surface area contributed by atoms with E-state index in [-0.39, 0.29) is 17.1 Å². The van der Waals surface area contributed by atoms with E-state index in [9.17, 15) is 9.59 Å². The molecule has 5 nitrogen and oxygen atoms in total. The second-order valence-electron chi connectivity index (χ2n) is 4.12. The van der Waals surface area contributed by atoms with Gasteiger partial charge in [0.2, 0.25) is 0 Å². The Morgan fingerprint density at radius 3 is 2.82 bits per heavy atom. The molecule has 8 heteroatoms. The minimum atomic E-state index is -0.482. The maximum atomic E-state index is 11.9. The molecule has 2 aromatic rings. The fourth-order valence-corrected chi connectivity index (χ4v) is 2.46. The van der Waals surface area contributed by atoms with Gasteiger partial charge in [-0.05, 0) is 29.6 Å². The quantitative estimate of drug-likeness (QED) is 0.639. The minimum absolute atomic E-state index is 0.212. The lowest BCUT2D eigenvalue weighted by atomic mass is 10.2. The van der Waals surface area contributed by atoms with E-state index in [1.54, 1.807) is 6.07 Å². The molecular formula is C14H11Cl2N3O2S. The molecule has 1 aromatic carbocycles. The molecule has 114 valence electrons. The summed E-state index contributed by atoms with van der Waals surface area (Å²) in [6, 6.07) is 8.27. The van der Waals surface area contributed by atoms with Crippen molar-refractivity contribution in [2.24, 2.45) is 5.10 Å². The van der Waals surface area contributed by atoms with Gasteiger partial charge in [-0.2, -0.15) is 5.10 Å². The molecule has 1 aromatic heterocycles. The molecule has 0 aliphatic carbocycles. The third-order valence-corrected chi connectivity index (χ3v) is 3.88. The first-order valence-electron chi connectivity index (χ1n) is 6.15. The molecule has 0 unspecified atom stereocenters. The van der Waals surface area contributed by atoms with Crippen LogP contribution in [0, 0.1) is 0 Å². The van der Waals surface area contributed by atoms with Gasteiger partial charge in [0.15, 0.2) is 0 Å². The molecule has 0 radical (unpaired) electrons. The molecule has 0 atom stereocenters. The number of hydrogen-bond acceptors (Lipinski definition) is 4. The van der Waals surface area contributed by atoms with Crippen LogP contribution < -0.4 is 10.7 Å². The number of hydrazone groups is 1. The van der Waals surface area contributed by atoms with Crippen LogP contribution in [0.15, 0.2) is 40.8 Å². The summed E-state index contributed by atoms with van der Waals surface area (Å²) in [5.41, 5.74) is 2.53. The molecule has 0 bridgehead atoms. The minimum Gasteiger partial charge on any atom is -0.343 e. The van der Waals surface area contributed by atoms with Crippen LogP contribution in [0.4, 0.5) is 0 Å². The normalized spacial score (nSPS) is 10.6. The first-order chi connectivity index (χ1) is 10.6. The highest BCUT2D eigenvalue weighted by molar-refractivity contribution is 7.11. The zero-order chi connectivity index (χ0) is 15.9. The van der Waals surface area contributed by atoms with Crippen molar-refractivity contribution < 1.29 is 9.59 Å². The SMILES string of the molecule is O=C(CNC(=O)c1cc(Cl)ccc1Cl)N/N=C\c1cccs1. The van der Waals surface area contributed by atoms with Crippen molar-refractivity contribution in [3.8, 4) is 0 Å². The predicted molar refractivity (Wildman–Crippen MR) is 88.9 cm³/mol. The van der Waals surface area contributed by atoms with Gasteiger partial charge in [-0.25, -0.2) is 5.43 Å². The Bertz CT molecular complexity index is 702. The Balaban J connectivity index is 1.83. The van der Waals surface area contributed by atoms with Crippen LogP contribution in [-0.2, 0) is 4.79 Å². The van der Waals surface area contributed by atoms with Crippen molar-refractivity contribution in [1.82, 2.24) is 10.7 Å². The van der Waals surface area contributed by atoms with E-state index in [1.807, 2.05) is 17.5 Å². The molecule has 2 rings (SSSR count). The third kappa shape index (κ3) is 4.84. The summed E-state index contributed by atoms with van der Waals surface area (Å²) in [6.07, 6.45) is 1.53. The topological polar surface area (TPSA) is 70.6 Å². The predicted octanol–water partition coefficient (Wildman–Crippen LogP) is 2.94. The standard InChI is InChI=1S/C14H11Cl2N3O2S/c15-9-3-4-12(16)11(6-9)14(21)17-8-13(20)19-18-7-10-2-1-5-22-10/h1-7H,8H2,(H,17,21)(H,19,20)/b18-7-. The second kappa shape index (κ2) is 7.93. The highest BCUT2D eigenvalue weighted by atomic mass is 35.5. The summed E-state index contributed by atoms with van der Waals surface area (Å²) in [5, 5.41) is 8.78. The Labute approximate surface area is 140 Å². The largest absolute Gasteiger partial charge is 0.343 e. The van der Waals surface area contributed by atoms with Gasteiger partial charge in [-0.3, -0.25) is 9.59 Å². The maximum Gasteiger partial charge on any atom is 0.259 e. The molecule has 2 N–H and O–H groups in total. The summed E-state index contributed by atoms with van der Waals surface area (Å²) in [6.45, 7) is -0.219. The van der Waals surface area contributed by atoms with E-state index in [0.717, 1.165) is 4.88 Å². The molecule has 0 aliphatic rings. The zero-order valence-electron chi connectivity index (χ0n) is 11.2. The van der Waals surface area contributed by atoms with Crippen LogP contribution >= 0.6 is 34.5 Å². The van der Waals surface area contributed by atoms with E-state index in [2.05, 4.69) is 15.8 Å². The lowest BCUT2D eigenvalue weighted by Gasteiger charge is -2.06. The van der Waals surface area contributed by atoms with Gasteiger partial charge >= 0.3 is 0 Å². The Morgan fingerprint density at radius 1 is 1.27 bits per heavy atom. The number of carbonyl (C=O) groups is 2. The summed E-state index contributed by atoms with van der Waals surface area (Å²) in [7, 11) is 0. The molecule has 0 spiro atoms. The number of rotatable bonds is 5. The monoisotopic (exact) mass is 355 g/mol. The van der Waals surface area contributed by atoms with E-state index in [1.165, 1.54) is 29.7 Å². The number of halogens is 2. The third-order valence-electron chi connectivity index (χ3n) is 2.51. The molecule has 0 saturated heterocycles. The van der Waals surface area contributed by atoms with Crippen molar-refractivity contribution in [3.05, 3.63) is 56.2 Å². The lowest BCUT2D eigenvalue weighted by molar-refractivity contribution is -0.120. The van der Waals surface area contributed by atoms with Crippen LogP contribution in [0.3, 0.4) is 0 Å². The van der Waals surface area contributed by atoms with Crippen molar-refractivity contribution >= 4 is 52.6 Å². The fourth-order valence-electron chi connectivity index (χ4n) is 1.50. The molecule has 2 amide bonds. The van der Waals surface area contributed by atoms with Gasteiger partial charge in [-0.15, -0.1) is 11.3 Å². The summed E-state index contributed by atoms with van der Waals surface area (Å²) < 4.78 is 0. The average Bonchev–Trinajstić information content (AvgIpc) is 3.00. The second-order valence-corrected chi connectivity index (χ2v) is 5.94. The van der Waals surface area contributed by atoms with E-state index >= 15 is 0 Å². The Hall–Kier alpha value is -1.89. The van der Waals surface area contributed by atoms with Gasteiger partial charge in [0.1, 0.15) is 0 Å². The molecule has 1 heterocycles. The summed E-state index contributed by atoms with van der Waals surface area (Å²) in [4.78, 5) is 24.4.